The summed E-state index contributed by atoms with van der Waals surface area (Å²) in [4.78, 5) is 14.6. The summed E-state index contributed by atoms with van der Waals surface area (Å²) in [5.74, 6) is 1.03. The molecule has 0 aliphatic carbocycles. The van der Waals surface area contributed by atoms with Gasteiger partial charge in [0, 0.05) is 11.6 Å². The molecule has 0 bridgehead atoms. The van der Waals surface area contributed by atoms with Crippen molar-refractivity contribution in [1.29, 1.82) is 0 Å². The molecule has 0 spiro atoms. The third-order valence-corrected chi connectivity index (χ3v) is 4.65. The number of hydrogen-bond acceptors (Lipinski definition) is 3. The highest BCUT2D eigenvalue weighted by molar-refractivity contribution is 5.78. The van der Waals surface area contributed by atoms with Gasteiger partial charge in [-0.05, 0) is 64.3 Å². The van der Waals surface area contributed by atoms with Crippen LogP contribution >= 0.6 is 0 Å². The van der Waals surface area contributed by atoms with Crippen molar-refractivity contribution in [3.05, 3.63) is 29.8 Å². The summed E-state index contributed by atoms with van der Waals surface area (Å²) in [6, 6.07) is 8.63. The highest BCUT2D eigenvalue weighted by atomic mass is 16.5. The van der Waals surface area contributed by atoms with Crippen molar-refractivity contribution in [2.75, 3.05) is 19.7 Å². The molecule has 4 heteroatoms. The molecule has 0 saturated carbocycles. The van der Waals surface area contributed by atoms with E-state index < -0.39 is 0 Å². The number of nitrogens with one attached hydrogen (secondary N) is 1. The van der Waals surface area contributed by atoms with E-state index in [1.165, 1.54) is 5.56 Å². The van der Waals surface area contributed by atoms with Crippen molar-refractivity contribution < 1.29 is 9.53 Å². The maximum absolute atomic E-state index is 12.3. The molecule has 1 N–H and O–H groups in total. The molecule has 1 unspecified atom stereocenters. The zero-order chi connectivity index (χ0) is 16.9. The largest absolute Gasteiger partial charge is 0.494 e. The molecule has 1 heterocycles. The molecular formula is C19H30N2O2. The summed E-state index contributed by atoms with van der Waals surface area (Å²) in [5.41, 5.74) is 1.14. The molecule has 1 aliphatic rings. The Bertz CT molecular complexity index is 511. The molecule has 1 aliphatic heterocycles. The fourth-order valence-corrected chi connectivity index (χ4v) is 3.04. The Morgan fingerprint density at radius 2 is 2.00 bits per heavy atom. The Kier molecular flexibility index (Phi) is 6.05. The standard InChI is InChI=1S/C19H30N2O2/c1-5-19(3,4)20-18(22)14-21-13-7-8-17(21)15-9-11-16(12-10-15)23-6-2/h9-12,17H,5-8,13-14H2,1-4H3,(H,20,22). The molecule has 0 radical (unpaired) electrons. The molecule has 1 aromatic carbocycles. The minimum atomic E-state index is -0.133. The van der Waals surface area contributed by atoms with Crippen LogP contribution in [0.25, 0.3) is 0 Å². The average Bonchev–Trinajstić information content (AvgIpc) is 2.96. The van der Waals surface area contributed by atoms with Crippen molar-refractivity contribution in [3.8, 4) is 5.75 Å². The number of amides is 1. The first kappa shape index (κ1) is 17.8. The van der Waals surface area contributed by atoms with Gasteiger partial charge in [0.2, 0.25) is 5.91 Å². The van der Waals surface area contributed by atoms with E-state index in [0.717, 1.165) is 31.6 Å². The minimum Gasteiger partial charge on any atom is -0.494 e. The van der Waals surface area contributed by atoms with Gasteiger partial charge in [0.05, 0.1) is 13.2 Å². The van der Waals surface area contributed by atoms with Crippen LogP contribution in [0.1, 0.15) is 58.6 Å². The van der Waals surface area contributed by atoms with Gasteiger partial charge in [0.25, 0.3) is 0 Å². The lowest BCUT2D eigenvalue weighted by atomic mass is 10.0. The Hall–Kier alpha value is -1.55. The van der Waals surface area contributed by atoms with Crippen LogP contribution in [0.2, 0.25) is 0 Å². The van der Waals surface area contributed by atoms with Gasteiger partial charge < -0.3 is 10.1 Å². The van der Waals surface area contributed by atoms with E-state index in [4.69, 9.17) is 4.74 Å². The SMILES string of the molecule is CCOc1ccc(C2CCCN2CC(=O)NC(C)(C)CC)cc1. The number of rotatable bonds is 7. The van der Waals surface area contributed by atoms with Crippen molar-refractivity contribution in [1.82, 2.24) is 10.2 Å². The van der Waals surface area contributed by atoms with Gasteiger partial charge in [-0.3, -0.25) is 9.69 Å². The molecule has 2 rings (SSSR count). The van der Waals surface area contributed by atoms with Gasteiger partial charge in [-0.2, -0.15) is 0 Å². The third kappa shape index (κ3) is 4.96. The molecule has 1 atom stereocenters. The van der Waals surface area contributed by atoms with Crippen LogP contribution < -0.4 is 10.1 Å². The molecule has 128 valence electrons. The maximum Gasteiger partial charge on any atom is 0.234 e. The summed E-state index contributed by atoms with van der Waals surface area (Å²) in [6.45, 7) is 10.4. The maximum atomic E-state index is 12.3. The molecule has 23 heavy (non-hydrogen) atoms. The second-order valence-electron chi connectivity index (χ2n) is 6.92. The highest BCUT2D eigenvalue weighted by Crippen LogP contribution is 2.32. The molecule has 1 aromatic rings. The van der Waals surface area contributed by atoms with Crippen LogP contribution in [-0.4, -0.2) is 36.0 Å². The smallest absolute Gasteiger partial charge is 0.234 e. The molecule has 1 saturated heterocycles. The fraction of sp³-hybridized carbons (Fsp3) is 0.632. The summed E-state index contributed by atoms with van der Waals surface area (Å²) >= 11 is 0. The predicted molar refractivity (Wildman–Crippen MR) is 93.7 cm³/mol. The van der Waals surface area contributed by atoms with Crippen LogP contribution in [-0.2, 0) is 4.79 Å². The van der Waals surface area contributed by atoms with E-state index in [0.29, 0.717) is 19.2 Å². The summed E-state index contributed by atoms with van der Waals surface area (Å²) in [7, 11) is 0. The molecular weight excluding hydrogens is 288 g/mol. The van der Waals surface area contributed by atoms with E-state index in [2.05, 4.69) is 43.1 Å². The topological polar surface area (TPSA) is 41.6 Å². The van der Waals surface area contributed by atoms with Crippen molar-refractivity contribution >= 4 is 5.91 Å². The number of benzene rings is 1. The fourth-order valence-electron chi connectivity index (χ4n) is 3.04. The Morgan fingerprint density at radius 3 is 2.61 bits per heavy atom. The van der Waals surface area contributed by atoms with Gasteiger partial charge in [-0.25, -0.2) is 0 Å². The first-order valence-corrected chi connectivity index (χ1v) is 8.73. The lowest BCUT2D eigenvalue weighted by Gasteiger charge is -2.28. The number of likely N-dealkylation sites (tertiary alicyclic amines) is 1. The average molecular weight is 318 g/mol. The monoisotopic (exact) mass is 318 g/mol. The number of hydrogen-bond donors (Lipinski definition) is 1. The Morgan fingerprint density at radius 1 is 1.30 bits per heavy atom. The first-order valence-electron chi connectivity index (χ1n) is 8.73. The van der Waals surface area contributed by atoms with E-state index in [9.17, 15) is 4.79 Å². The lowest BCUT2D eigenvalue weighted by molar-refractivity contribution is -0.124. The molecule has 1 fully saturated rings. The van der Waals surface area contributed by atoms with Crippen LogP contribution in [0.5, 0.6) is 5.75 Å². The lowest BCUT2D eigenvalue weighted by Crippen LogP contribution is -2.47. The van der Waals surface area contributed by atoms with Crippen molar-refractivity contribution in [2.45, 2.75) is 58.5 Å². The zero-order valence-corrected chi connectivity index (χ0v) is 14.9. The van der Waals surface area contributed by atoms with Crippen LogP contribution in [0.3, 0.4) is 0 Å². The van der Waals surface area contributed by atoms with E-state index in [-0.39, 0.29) is 11.4 Å². The van der Waals surface area contributed by atoms with Crippen molar-refractivity contribution in [2.24, 2.45) is 0 Å². The predicted octanol–water partition coefficient (Wildman–Crippen LogP) is 3.53. The van der Waals surface area contributed by atoms with E-state index in [1.807, 2.05) is 19.1 Å². The van der Waals surface area contributed by atoms with Crippen LogP contribution in [0.15, 0.2) is 24.3 Å². The van der Waals surface area contributed by atoms with Gasteiger partial charge >= 0.3 is 0 Å². The second kappa shape index (κ2) is 7.82. The normalized spacial score (nSPS) is 18.9. The number of ether oxygens (including phenoxy) is 1. The van der Waals surface area contributed by atoms with Crippen LogP contribution in [0, 0.1) is 0 Å². The second-order valence-corrected chi connectivity index (χ2v) is 6.92. The van der Waals surface area contributed by atoms with E-state index in [1.54, 1.807) is 0 Å². The molecule has 0 aromatic heterocycles. The summed E-state index contributed by atoms with van der Waals surface area (Å²) < 4.78 is 5.50. The Labute approximate surface area is 140 Å². The quantitative estimate of drug-likeness (QED) is 0.836. The summed E-state index contributed by atoms with van der Waals surface area (Å²) in [5, 5.41) is 3.13. The van der Waals surface area contributed by atoms with Crippen LogP contribution in [0.4, 0.5) is 0 Å². The zero-order valence-electron chi connectivity index (χ0n) is 14.9. The summed E-state index contributed by atoms with van der Waals surface area (Å²) in [6.07, 6.45) is 3.18. The van der Waals surface area contributed by atoms with Gasteiger partial charge in [0.1, 0.15) is 5.75 Å². The molecule has 4 nitrogen and oxygen atoms in total. The third-order valence-electron chi connectivity index (χ3n) is 4.65. The van der Waals surface area contributed by atoms with Gasteiger partial charge in [-0.1, -0.05) is 19.1 Å². The highest BCUT2D eigenvalue weighted by Gasteiger charge is 2.28. The van der Waals surface area contributed by atoms with Gasteiger partial charge in [0.15, 0.2) is 0 Å². The molecule has 1 amide bonds. The van der Waals surface area contributed by atoms with E-state index >= 15 is 0 Å². The van der Waals surface area contributed by atoms with Crippen molar-refractivity contribution in [3.63, 3.8) is 0 Å². The number of carbonyl (C=O) groups excluding carboxylic acids is 1. The van der Waals surface area contributed by atoms with Gasteiger partial charge in [-0.15, -0.1) is 0 Å². The minimum absolute atomic E-state index is 0.120. The number of nitrogens with zero attached hydrogens (tertiary/aromatic N) is 1. The number of carbonyl (C=O) groups is 1. The first-order chi connectivity index (χ1) is 10.9. The Balaban J connectivity index is 1.98.